The molecule has 0 heterocycles. The van der Waals surface area contributed by atoms with E-state index >= 15 is 0 Å². The normalized spacial score (nSPS) is 28.8. The first kappa shape index (κ1) is 16.0. The summed E-state index contributed by atoms with van der Waals surface area (Å²) in [5.41, 5.74) is 0. The highest BCUT2D eigenvalue weighted by Gasteiger charge is 2.33. The monoisotopic (exact) mass is 253 g/mol. The molecular weight excluding hydrogens is 218 g/mol. The van der Waals surface area contributed by atoms with E-state index in [1.165, 1.54) is 51.5 Å². The van der Waals surface area contributed by atoms with Crippen LogP contribution in [0, 0.1) is 23.7 Å². The predicted molar refractivity (Wildman–Crippen MR) is 81.8 cm³/mol. The van der Waals surface area contributed by atoms with Gasteiger partial charge in [-0.2, -0.15) is 0 Å². The third kappa shape index (κ3) is 4.57. The minimum Gasteiger partial charge on any atom is -0.317 e. The Hall–Kier alpha value is -0.0400. The fourth-order valence-corrected chi connectivity index (χ4v) is 4.08. The maximum atomic E-state index is 3.60. The van der Waals surface area contributed by atoms with Crippen LogP contribution < -0.4 is 5.32 Å². The van der Waals surface area contributed by atoms with Crippen LogP contribution in [0.25, 0.3) is 0 Å². The predicted octanol–water partition coefficient (Wildman–Crippen LogP) is 4.86. The fourth-order valence-electron chi connectivity index (χ4n) is 4.08. The molecule has 0 amide bonds. The van der Waals surface area contributed by atoms with Crippen molar-refractivity contribution in [2.45, 2.75) is 72.6 Å². The molecule has 1 N–H and O–H groups in total. The molecule has 1 nitrogen and oxygen atoms in total. The molecule has 0 bridgehead atoms. The van der Waals surface area contributed by atoms with E-state index in [2.05, 4.69) is 33.0 Å². The van der Waals surface area contributed by atoms with Gasteiger partial charge in [-0.15, -0.1) is 0 Å². The summed E-state index contributed by atoms with van der Waals surface area (Å²) in [7, 11) is 0. The number of rotatable bonds is 8. The average molecular weight is 253 g/mol. The summed E-state index contributed by atoms with van der Waals surface area (Å²) < 4.78 is 0. The summed E-state index contributed by atoms with van der Waals surface area (Å²) in [6.07, 6.45) is 10.1. The van der Waals surface area contributed by atoms with Gasteiger partial charge in [0.1, 0.15) is 0 Å². The van der Waals surface area contributed by atoms with E-state index in [-0.39, 0.29) is 0 Å². The minimum atomic E-state index is 0.947. The Bertz CT molecular complexity index is 198. The van der Waals surface area contributed by atoms with Gasteiger partial charge >= 0.3 is 0 Å². The standard InChI is InChI=1S/C17H35N/c1-5-9-14-10-11-16(13-18-8-4)17(12-14)15(6-2)7-3/h14-18H,5-13H2,1-4H3. The summed E-state index contributed by atoms with van der Waals surface area (Å²) in [4.78, 5) is 0. The molecule has 18 heavy (non-hydrogen) atoms. The van der Waals surface area contributed by atoms with Crippen LogP contribution in [0.2, 0.25) is 0 Å². The van der Waals surface area contributed by atoms with Crippen molar-refractivity contribution in [2.24, 2.45) is 23.7 Å². The van der Waals surface area contributed by atoms with Crippen LogP contribution >= 0.6 is 0 Å². The van der Waals surface area contributed by atoms with Crippen LogP contribution in [0.1, 0.15) is 72.6 Å². The zero-order valence-electron chi connectivity index (χ0n) is 13.2. The van der Waals surface area contributed by atoms with Crippen LogP contribution in [0.15, 0.2) is 0 Å². The molecule has 0 aromatic carbocycles. The molecule has 1 aliphatic carbocycles. The van der Waals surface area contributed by atoms with Gasteiger partial charge in [0.05, 0.1) is 0 Å². The lowest BCUT2D eigenvalue weighted by Gasteiger charge is -2.40. The largest absolute Gasteiger partial charge is 0.317 e. The molecule has 0 aliphatic heterocycles. The van der Waals surface area contributed by atoms with Crippen molar-refractivity contribution in [2.75, 3.05) is 13.1 Å². The van der Waals surface area contributed by atoms with Gasteiger partial charge in [-0.1, -0.05) is 59.8 Å². The highest BCUT2D eigenvalue weighted by Crippen LogP contribution is 2.41. The van der Waals surface area contributed by atoms with Gasteiger partial charge in [0.25, 0.3) is 0 Å². The second-order valence-corrected chi connectivity index (χ2v) is 6.28. The molecule has 0 aromatic rings. The van der Waals surface area contributed by atoms with Crippen molar-refractivity contribution in [1.29, 1.82) is 0 Å². The van der Waals surface area contributed by atoms with E-state index in [9.17, 15) is 0 Å². The van der Waals surface area contributed by atoms with E-state index in [1.807, 2.05) is 0 Å². The Labute approximate surface area is 115 Å². The van der Waals surface area contributed by atoms with Crippen LogP contribution in [0.5, 0.6) is 0 Å². The Balaban J connectivity index is 2.59. The molecule has 1 heteroatoms. The Kier molecular flexibility index (Phi) is 7.97. The van der Waals surface area contributed by atoms with E-state index in [1.54, 1.807) is 0 Å². The van der Waals surface area contributed by atoms with E-state index < -0.39 is 0 Å². The zero-order chi connectivity index (χ0) is 13.4. The lowest BCUT2D eigenvalue weighted by Crippen LogP contribution is -2.36. The molecule has 1 fully saturated rings. The molecular formula is C17H35N. The molecule has 0 radical (unpaired) electrons. The number of hydrogen-bond acceptors (Lipinski definition) is 1. The molecule has 3 atom stereocenters. The van der Waals surface area contributed by atoms with Crippen LogP contribution in [-0.4, -0.2) is 13.1 Å². The summed E-state index contributed by atoms with van der Waals surface area (Å²) in [6, 6.07) is 0. The average Bonchev–Trinajstić information content (AvgIpc) is 2.39. The van der Waals surface area contributed by atoms with Gasteiger partial charge in [0.15, 0.2) is 0 Å². The topological polar surface area (TPSA) is 12.0 Å². The highest BCUT2D eigenvalue weighted by molar-refractivity contribution is 4.85. The molecule has 0 aromatic heterocycles. The maximum absolute atomic E-state index is 3.60. The van der Waals surface area contributed by atoms with Crippen LogP contribution in [0.3, 0.4) is 0 Å². The summed E-state index contributed by atoms with van der Waals surface area (Å²) >= 11 is 0. The van der Waals surface area contributed by atoms with Crippen molar-refractivity contribution in [3.8, 4) is 0 Å². The van der Waals surface area contributed by atoms with Gasteiger partial charge in [-0.3, -0.25) is 0 Å². The Morgan fingerprint density at radius 1 is 1.06 bits per heavy atom. The minimum absolute atomic E-state index is 0.947. The van der Waals surface area contributed by atoms with Crippen molar-refractivity contribution in [3.05, 3.63) is 0 Å². The Morgan fingerprint density at radius 2 is 1.78 bits per heavy atom. The van der Waals surface area contributed by atoms with Gasteiger partial charge in [-0.05, 0) is 49.6 Å². The highest BCUT2D eigenvalue weighted by atomic mass is 14.8. The third-order valence-electron chi connectivity index (χ3n) is 5.16. The first-order valence-corrected chi connectivity index (χ1v) is 8.47. The van der Waals surface area contributed by atoms with Gasteiger partial charge < -0.3 is 5.32 Å². The van der Waals surface area contributed by atoms with Gasteiger partial charge in [0, 0.05) is 0 Å². The lowest BCUT2D eigenvalue weighted by atomic mass is 9.66. The number of nitrogens with one attached hydrogen (secondary N) is 1. The lowest BCUT2D eigenvalue weighted by molar-refractivity contribution is 0.108. The second kappa shape index (κ2) is 8.96. The maximum Gasteiger partial charge on any atom is -0.00179 e. The quantitative estimate of drug-likeness (QED) is 0.651. The summed E-state index contributed by atoms with van der Waals surface area (Å²) in [5, 5.41) is 3.60. The molecule has 1 saturated carbocycles. The van der Waals surface area contributed by atoms with Gasteiger partial charge in [-0.25, -0.2) is 0 Å². The van der Waals surface area contributed by atoms with E-state index in [0.717, 1.165) is 30.2 Å². The smallest absolute Gasteiger partial charge is 0.00179 e. The molecule has 1 aliphatic rings. The van der Waals surface area contributed by atoms with Crippen LogP contribution in [-0.2, 0) is 0 Å². The van der Waals surface area contributed by atoms with Gasteiger partial charge in [0.2, 0.25) is 0 Å². The molecule has 0 saturated heterocycles. The zero-order valence-corrected chi connectivity index (χ0v) is 13.2. The van der Waals surface area contributed by atoms with E-state index in [0.29, 0.717) is 0 Å². The summed E-state index contributed by atoms with van der Waals surface area (Å²) in [5.74, 6) is 3.93. The van der Waals surface area contributed by atoms with E-state index in [4.69, 9.17) is 0 Å². The van der Waals surface area contributed by atoms with Crippen molar-refractivity contribution >= 4 is 0 Å². The number of hydrogen-bond donors (Lipinski definition) is 1. The Morgan fingerprint density at radius 3 is 2.33 bits per heavy atom. The third-order valence-corrected chi connectivity index (χ3v) is 5.16. The molecule has 108 valence electrons. The van der Waals surface area contributed by atoms with Crippen molar-refractivity contribution < 1.29 is 0 Å². The molecule has 0 spiro atoms. The first-order valence-electron chi connectivity index (χ1n) is 8.47. The summed E-state index contributed by atoms with van der Waals surface area (Å²) in [6.45, 7) is 11.7. The first-order chi connectivity index (χ1) is 8.76. The van der Waals surface area contributed by atoms with Crippen LogP contribution in [0.4, 0.5) is 0 Å². The second-order valence-electron chi connectivity index (χ2n) is 6.28. The fraction of sp³-hybridized carbons (Fsp3) is 1.00. The molecule has 3 unspecified atom stereocenters. The molecule has 1 rings (SSSR count). The SMILES string of the molecule is CCCC1CCC(CNCC)C(C(CC)CC)C1. The van der Waals surface area contributed by atoms with Crippen molar-refractivity contribution in [1.82, 2.24) is 5.32 Å². The van der Waals surface area contributed by atoms with Crippen molar-refractivity contribution in [3.63, 3.8) is 0 Å².